The molecule has 0 radical (unpaired) electrons. The Hall–Kier alpha value is -1.96. The van der Waals surface area contributed by atoms with Gasteiger partial charge < -0.3 is 9.88 Å². The van der Waals surface area contributed by atoms with Gasteiger partial charge in [0.05, 0.1) is 5.75 Å². The highest BCUT2D eigenvalue weighted by Gasteiger charge is 2.13. The zero-order valence-electron chi connectivity index (χ0n) is 10.9. The van der Waals surface area contributed by atoms with Crippen LogP contribution in [0.4, 0.5) is 14.5 Å². The Labute approximate surface area is 118 Å². The number of anilines is 1. The van der Waals surface area contributed by atoms with Gasteiger partial charge >= 0.3 is 0 Å². The van der Waals surface area contributed by atoms with Gasteiger partial charge in [0.25, 0.3) is 0 Å². The van der Waals surface area contributed by atoms with E-state index in [-0.39, 0.29) is 5.75 Å². The molecule has 20 heavy (non-hydrogen) atoms. The molecule has 1 amide bonds. The number of hydrogen-bond donors (Lipinski definition) is 1. The minimum absolute atomic E-state index is 0.0141. The van der Waals surface area contributed by atoms with E-state index in [9.17, 15) is 13.6 Å². The molecule has 8 heteroatoms. The van der Waals surface area contributed by atoms with Crippen LogP contribution in [0, 0.1) is 18.6 Å². The third-order valence-electron chi connectivity index (χ3n) is 2.61. The summed E-state index contributed by atoms with van der Waals surface area (Å²) in [5.74, 6) is -1.43. The van der Waals surface area contributed by atoms with Crippen molar-refractivity contribution >= 4 is 23.4 Å². The maximum atomic E-state index is 13.4. The number of nitrogens with one attached hydrogen (secondary N) is 1. The number of carbonyl (C=O) groups is 1. The van der Waals surface area contributed by atoms with Crippen LogP contribution in [0.5, 0.6) is 0 Å². The highest BCUT2D eigenvalue weighted by atomic mass is 32.2. The van der Waals surface area contributed by atoms with Gasteiger partial charge in [-0.1, -0.05) is 17.8 Å². The number of nitrogens with zero attached hydrogens (tertiary/aromatic N) is 3. The molecule has 2 aromatic rings. The molecular weight excluding hydrogens is 286 g/mol. The average Bonchev–Trinajstić information content (AvgIpc) is 2.72. The molecule has 1 aromatic heterocycles. The maximum absolute atomic E-state index is 13.4. The van der Waals surface area contributed by atoms with E-state index < -0.39 is 23.2 Å². The van der Waals surface area contributed by atoms with Crippen LogP contribution in [0.15, 0.2) is 23.4 Å². The van der Waals surface area contributed by atoms with Crippen molar-refractivity contribution in [2.24, 2.45) is 7.05 Å². The zero-order valence-corrected chi connectivity index (χ0v) is 11.7. The topological polar surface area (TPSA) is 59.8 Å². The second-order valence-corrected chi connectivity index (χ2v) is 4.96. The predicted octanol–water partition coefficient (Wildman–Crippen LogP) is 2.13. The molecule has 0 saturated heterocycles. The monoisotopic (exact) mass is 298 g/mol. The number of benzene rings is 1. The van der Waals surface area contributed by atoms with Crippen LogP contribution in [0.1, 0.15) is 5.82 Å². The first-order valence-electron chi connectivity index (χ1n) is 5.71. The minimum atomic E-state index is -0.808. The summed E-state index contributed by atoms with van der Waals surface area (Å²) in [5.41, 5.74) is -0.438. The molecule has 0 bridgehead atoms. The molecular formula is C12H12F2N4OS. The lowest BCUT2D eigenvalue weighted by Crippen LogP contribution is -2.16. The van der Waals surface area contributed by atoms with Crippen molar-refractivity contribution in [3.05, 3.63) is 35.7 Å². The number of hydrogen-bond acceptors (Lipinski definition) is 4. The Bertz CT molecular complexity index is 624. The SMILES string of the molecule is Cc1nnc(SCC(=O)Nc2c(F)cccc2F)n1C. The first-order valence-corrected chi connectivity index (χ1v) is 6.70. The molecule has 1 N–H and O–H groups in total. The summed E-state index contributed by atoms with van der Waals surface area (Å²) < 4.78 is 28.4. The number of aryl methyl sites for hydroxylation is 1. The Morgan fingerprint density at radius 1 is 1.35 bits per heavy atom. The number of aromatic nitrogens is 3. The fourth-order valence-corrected chi connectivity index (χ4v) is 2.19. The van der Waals surface area contributed by atoms with Crippen molar-refractivity contribution in [2.45, 2.75) is 12.1 Å². The smallest absolute Gasteiger partial charge is 0.235 e. The number of rotatable bonds is 4. The van der Waals surface area contributed by atoms with Crippen molar-refractivity contribution in [1.29, 1.82) is 0 Å². The quantitative estimate of drug-likeness (QED) is 0.879. The number of para-hydroxylation sites is 1. The van der Waals surface area contributed by atoms with Crippen molar-refractivity contribution < 1.29 is 13.6 Å². The van der Waals surface area contributed by atoms with Crippen LogP contribution in [0.2, 0.25) is 0 Å². The Kier molecular flexibility index (Phi) is 4.33. The number of amides is 1. The van der Waals surface area contributed by atoms with Gasteiger partial charge in [-0.15, -0.1) is 10.2 Å². The van der Waals surface area contributed by atoms with Gasteiger partial charge in [0.1, 0.15) is 23.1 Å². The third-order valence-corrected chi connectivity index (χ3v) is 3.63. The maximum Gasteiger partial charge on any atom is 0.235 e. The molecule has 1 aromatic carbocycles. The highest BCUT2D eigenvalue weighted by molar-refractivity contribution is 7.99. The van der Waals surface area contributed by atoms with Gasteiger partial charge in [-0.3, -0.25) is 4.79 Å². The van der Waals surface area contributed by atoms with Gasteiger partial charge in [-0.2, -0.15) is 0 Å². The summed E-state index contributed by atoms with van der Waals surface area (Å²) >= 11 is 1.14. The summed E-state index contributed by atoms with van der Waals surface area (Å²) in [7, 11) is 1.77. The Morgan fingerprint density at radius 2 is 2.00 bits per heavy atom. The normalized spacial score (nSPS) is 10.6. The minimum Gasteiger partial charge on any atom is -0.320 e. The van der Waals surface area contributed by atoms with Gasteiger partial charge in [0.15, 0.2) is 5.16 Å². The van der Waals surface area contributed by atoms with Gasteiger partial charge in [0.2, 0.25) is 5.91 Å². The molecule has 1 heterocycles. The van der Waals surface area contributed by atoms with Crippen molar-refractivity contribution in [3.8, 4) is 0 Å². The molecule has 0 unspecified atom stereocenters. The van der Waals surface area contributed by atoms with Crippen LogP contribution >= 0.6 is 11.8 Å². The molecule has 0 spiro atoms. The van der Waals surface area contributed by atoms with E-state index in [0.717, 1.165) is 23.9 Å². The number of thioether (sulfide) groups is 1. The molecule has 2 rings (SSSR count). The lowest BCUT2D eigenvalue weighted by molar-refractivity contribution is -0.113. The average molecular weight is 298 g/mol. The van der Waals surface area contributed by atoms with Crippen LogP contribution < -0.4 is 5.32 Å². The third kappa shape index (κ3) is 3.13. The fourth-order valence-electron chi connectivity index (χ4n) is 1.44. The van der Waals surface area contributed by atoms with E-state index in [4.69, 9.17) is 0 Å². The van der Waals surface area contributed by atoms with Gasteiger partial charge in [-0.05, 0) is 19.1 Å². The van der Waals surface area contributed by atoms with Crippen molar-refractivity contribution in [2.75, 3.05) is 11.1 Å². The van der Waals surface area contributed by atoms with E-state index in [2.05, 4.69) is 15.5 Å². The van der Waals surface area contributed by atoms with Crippen LogP contribution in [0.25, 0.3) is 0 Å². The molecule has 0 atom stereocenters. The highest BCUT2D eigenvalue weighted by Crippen LogP contribution is 2.20. The standard InChI is InChI=1S/C12H12F2N4OS/c1-7-16-17-12(18(7)2)20-6-10(19)15-11-8(13)4-3-5-9(11)14/h3-5H,6H2,1-2H3,(H,15,19). The summed E-state index contributed by atoms with van der Waals surface area (Å²) in [6, 6.07) is 3.40. The molecule has 106 valence electrons. The molecule has 5 nitrogen and oxygen atoms in total. The lowest BCUT2D eigenvalue weighted by atomic mass is 10.3. The van der Waals surface area contributed by atoms with E-state index >= 15 is 0 Å². The van der Waals surface area contributed by atoms with Crippen molar-refractivity contribution in [1.82, 2.24) is 14.8 Å². The van der Waals surface area contributed by atoms with Crippen LogP contribution in [0.3, 0.4) is 0 Å². The van der Waals surface area contributed by atoms with Crippen molar-refractivity contribution in [3.63, 3.8) is 0 Å². The largest absolute Gasteiger partial charge is 0.320 e. The van der Waals surface area contributed by atoms with E-state index in [0.29, 0.717) is 11.0 Å². The molecule has 0 aliphatic rings. The molecule has 0 saturated carbocycles. The fraction of sp³-hybridized carbons (Fsp3) is 0.250. The molecule has 0 aliphatic carbocycles. The van der Waals surface area contributed by atoms with Crippen LogP contribution in [-0.2, 0) is 11.8 Å². The molecule has 0 fully saturated rings. The number of halogens is 2. The Balaban J connectivity index is 1.98. The number of carbonyl (C=O) groups excluding carboxylic acids is 1. The lowest BCUT2D eigenvalue weighted by Gasteiger charge is -2.07. The van der Waals surface area contributed by atoms with Crippen LogP contribution in [-0.4, -0.2) is 26.4 Å². The summed E-state index contributed by atoms with van der Waals surface area (Å²) in [5, 5.41) is 10.5. The second kappa shape index (κ2) is 6.00. The predicted molar refractivity (Wildman–Crippen MR) is 71.5 cm³/mol. The van der Waals surface area contributed by atoms with E-state index in [1.807, 2.05) is 0 Å². The molecule has 0 aliphatic heterocycles. The summed E-state index contributed by atoms with van der Waals surface area (Å²) in [6.45, 7) is 1.78. The first kappa shape index (κ1) is 14.4. The zero-order chi connectivity index (χ0) is 14.7. The van der Waals surface area contributed by atoms with E-state index in [1.165, 1.54) is 6.07 Å². The van der Waals surface area contributed by atoms with E-state index in [1.54, 1.807) is 18.5 Å². The van der Waals surface area contributed by atoms with Gasteiger partial charge in [0, 0.05) is 7.05 Å². The Morgan fingerprint density at radius 3 is 2.55 bits per heavy atom. The first-order chi connectivity index (χ1) is 9.49. The summed E-state index contributed by atoms with van der Waals surface area (Å²) in [4.78, 5) is 11.7. The van der Waals surface area contributed by atoms with Gasteiger partial charge in [-0.25, -0.2) is 8.78 Å². The second-order valence-electron chi connectivity index (χ2n) is 4.02. The summed E-state index contributed by atoms with van der Waals surface area (Å²) in [6.07, 6.45) is 0.